The van der Waals surface area contributed by atoms with E-state index in [1.165, 1.54) is 0 Å². The molecular formula is C15H27NO4. The maximum atomic E-state index is 11.9. The molecule has 1 saturated carbocycles. The number of aliphatic carboxylic acids is 1. The molecule has 1 amide bonds. The third kappa shape index (κ3) is 7.48. The summed E-state index contributed by atoms with van der Waals surface area (Å²) in [5.41, 5.74) is 0. The zero-order chi connectivity index (χ0) is 14.8. The third-order valence-electron chi connectivity index (χ3n) is 3.88. The van der Waals surface area contributed by atoms with Crippen molar-refractivity contribution in [3.05, 3.63) is 0 Å². The summed E-state index contributed by atoms with van der Waals surface area (Å²) in [5.74, 6) is -0.670. The Labute approximate surface area is 120 Å². The predicted molar refractivity (Wildman–Crippen MR) is 76.3 cm³/mol. The summed E-state index contributed by atoms with van der Waals surface area (Å²) < 4.78 is 0. The normalized spacial score (nSPS) is 22.4. The zero-order valence-corrected chi connectivity index (χ0v) is 12.1. The standard InChI is InChI=1S/C15H27NO4/c17-13-8-6-7-12(11-13)15(20)16-10-5-3-1-2-4-9-14(18)19/h12-13,17H,1-11H2,(H,16,20)(H,18,19)/t12?,13-/m0/s1. The molecule has 5 nitrogen and oxygen atoms in total. The number of aliphatic hydroxyl groups excluding tert-OH is 1. The molecular weight excluding hydrogens is 258 g/mol. The Morgan fingerprint density at radius 3 is 2.45 bits per heavy atom. The van der Waals surface area contributed by atoms with Crippen LogP contribution in [0.1, 0.15) is 64.2 Å². The SMILES string of the molecule is O=C(O)CCCCCCCNC(=O)C1CCC[C@H](O)C1. The van der Waals surface area contributed by atoms with Gasteiger partial charge in [0.25, 0.3) is 0 Å². The first-order valence-corrected chi connectivity index (χ1v) is 7.77. The maximum Gasteiger partial charge on any atom is 0.303 e. The molecule has 0 saturated heterocycles. The minimum Gasteiger partial charge on any atom is -0.481 e. The van der Waals surface area contributed by atoms with Crippen molar-refractivity contribution < 1.29 is 19.8 Å². The number of unbranched alkanes of at least 4 members (excludes halogenated alkanes) is 4. The molecule has 116 valence electrons. The van der Waals surface area contributed by atoms with E-state index in [-0.39, 0.29) is 24.3 Å². The molecule has 2 atom stereocenters. The number of carboxylic acids is 1. The topological polar surface area (TPSA) is 86.6 Å². The van der Waals surface area contributed by atoms with E-state index in [0.29, 0.717) is 13.0 Å². The molecule has 3 N–H and O–H groups in total. The molecule has 1 aliphatic carbocycles. The Balaban J connectivity index is 1.95. The number of amides is 1. The van der Waals surface area contributed by atoms with Crippen molar-refractivity contribution in [2.75, 3.05) is 6.54 Å². The van der Waals surface area contributed by atoms with E-state index in [4.69, 9.17) is 5.11 Å². The van der Waals surface area contributed by atoms with Crippen molar-refractivity contribution in [3.63, 3.8) is 0 Å². The van der Waals surface area contributed by atoms with Gasteiger partial charge in [0.2, 0.25) is 5.91 Å². The Bertz CT molecular complexity index is 306. The van der Waals surface area contributed by atoms with Gasteiger partial charge in [0.1, 0.15) is 0 Å². The van der Waals surface area contributed by atoms with Gasteiger partial charge in [-0.1, -0.05) is 25.7 Å². The van der Waals surface area contributed by atoms with Gasteiger partial charge < -0.3 is 15.5 Å². The van der Waals surface area contributed by atoms with Gasteiger partial charge in [-0.3, -0.25) is 9.59 Å². The summed E-state index contributed by atoms with van der Waals surface area (Å²) >= 11 is 0. The van der Waals surface area contributed by atoms with Gasteiger partial charge >= 0.3 is 5.97 Å². The van der Waals surface area contributed by atoms with E-state index in [0.717, 1.165) is 51.4 Å². The summed E-state index contributed by atoms with van der Waals surface area (Å²) in [4.78, 5) is 22.2. The van der Waals surface area contributed by atoms with Crippen LogP contribution in [0.5, 0.6) is 0 Å². The van der Waals surface area contributed by atoms with Crippen LogP contribution in [0, 0.1) is 5.92 Å². The highest BCUT2D eigenvalue weighted by atomic mass is 16.4. The van der Waals surface area contributed by atoms with Crippen LogP contribution in [0.2, 0.25) is 0 Å². The van der Waals surface area contributed by atoms with Crippen molar-refractivity contribution >= 4 is 11.9 Å². The zero-order valence-electron chi connectivity index (χ0n) is 12.1. The summed E-state index contributed by atoms with van der Waals surface area (Å²) in [6.07, 6.45) is 7.83. The second-order valence-corrected chi connectivity index (χ2v) is 5.72. The number of hydrogen-bond acceptors (Lipinski definition) is 3. The maximum absolute atomic E-state index is 11.9. The number of rotatable bonds is 9. The van der Waals surface area contributed by atoms with E-state index in [9.17, 15) is 14.7 Å². The molecule has 0 radical (unpaired) electrons. The van der Waals surface area contributed by atoms with Gasteiger partial charge in [-0.25, -0.2) is 0 Å². The Hall–Kier alpha value is -1.10. The average Bonchev–Trinajstić information content (AvgIpc) is 2.41. The van der Waals surface area contributed by atoms with Gasteiger partial charge in [0.05, 0.1) is 6.10 Å². The Morgan fingerprint density at radius 1 is 1.05 bits per heavy atom. The van der Waals surface area contributed by atoms with Crippen molar-refractivity contribution in [2.24, 2.45) is 5.92 Å². The summed E-state index contributed by atoms with van der Waals surface area (Å²) in [5, 5.41) is 21.0. The van der Waals surface area contributed by atoms with Gasteiger partial charge in [-0.2, -0.15) is 0 Å². The molecule has 1 aliphatic rings. The molecule has 0 spiro atoms. The highest BCUT2D eigenvalue weighted by molar-refractivity contribution is 5.78. The lowest BCUT2D eigenvalue weighted by Crippen LogP contribution is -2.35. The fourth-order valence-electron chi connectivity index (χ4n) is 2.69. The summed E-state index contributed by atoms with van der Waals surface area (Å²) in [6.45, 7) is 0.685. The molecule has 5 heteroatoms. The van der Waals surface area contributed by atoms with Crippen LogP contribution >= 0.6 is 0 Å². The van der Waals surface area contributed by atoms with Crippen LogP contribution in [0.15, 0.2) is 0 Å². The van der Waals surface area contributed by atoms with Gasteiger partial charge in [0, 0.05) is 18.9 Å². The molecule has 20 heavy (non-hydrogen) atoms. The van der Waals surface area contributed by atoms with Crippen molar-refractivity contribution in [3.8, 4) is 0 Å². The first kappa shape index (κ1) is 17.0. The Kier molecular flexibility index (Phi) is 8.26. The van der Waals surface area contributed by atoms with E-state index >= 15 is 0 Å². The lowest BCUT2D eigenvalue weighted by molar-refractivity contribution is -0.137. The van der Waals surface area contributed by atoms with Crippen LogP contribution < -0.4 is 5.32 Å². The van der Waals surface area contributed by atoms with E-state index in [1.807, 2.05) is 0 Å². The molecule has 0 aromatic rings. The molecule has 0 aromatic carbocycles. The van der Waals surface area contributed by atoms with Crippen LogP contribution in [0.3, 0.4) is 0 Å². The smallest absolute Gasteiger partial charge is 0.303 e. The number of carbonyl (C=O) groups is 2. The average molecular weight is 285 g/mol. The monoisotopic (exact) mass is 285 g/mol. The lowest BCUT2D eigenvalue weighted by atomic mass is 9.87. The highest BCUT2D eigenvalue weighted by Gasteiger charge is 2.25. The fourth-order valence-corrected chi connectivity index (χ4v) is 2.69. The van der Waals surface area contributed by atoms with Gasteiger partial charge in [-0.15, -0.1) is 0 Å². The molecule has 1 rings (SSSR count). The highest BCUT2D eigenvalue weighted by Crippen LogP contribution is 2.24. The van der Waals surface area contributed by atoms with Crippen LogP contribution in [0.4, 0.5) is 0 Å². The summed E-state index contributed by atoms with van der Waals surface area (Å²) in [7, 11) is 0. The molecule has 1 unspecified atom stereocenters. The van der Waals surface area contributed by atoms with Crippen LogP contribution in [0.25, 0.3) is 0 Å². The van der Waals surface area contributed by atoms with E-state index in [1.54, 1.807) is 0 Å². The second kappa shape index (κ2) is 9.75. The van der Waals surface area contributed by atoms with Crippen molar-refractivity contribution in [2.45, 2.75) is 70.3 Å². The van der Waals surface area contributed by atoms with Gasteiger partial charge in [-0.05, 0) is 32.1 Å². The second-order valence-electron chi connectivity index (χ2n) is 5.72. The first-order chi connectivity index (χ1) is 9.59. The minimum atomic E-state index is -0.730. The number of carbonyl (C=O) groups excluding carboxylic acids is 1. The number of aliphatic hydroxyl groups is 1. The molecule has 0 aliphatic heterocycles. The largest absolute Gasteiger partial charge is 0.481 e. The van der Waals surface area contributed by atoms with E-state index in [2.05, 4.69) is 5.32 Å². The fraction of sp³-hybridized carbons (Fsp3) is 0.867. The summed E-state index contributed by atoms with van der Waals surface area (Å²) in [6, 6.07) is 0. The van der Waals surface area contributed by atoms with Crippen LogP contribution in [-0.4, -0.2) is 34.7 Å². The van der Waals surface area contributed by atoms with E-state index < -0.39 is 5.97 Å². The molecule has 0 heterocycles. The third-order valence-corrected chi connectivity index (χ3v) is 3.88. The molecule has 0 bridgehead atoms. The molecule has 1 fully saturated rings. The molecule has 0 aromatic heterocycles. The number of hydrogen-bond donors (Lipinski definition) is 3. The first-order valence-electron chi connectivity index (χ1n) is 7.77. The Morgan fingerprint density at radius 2 is 1.75 bits per heavy atom. The van der Waals surface area contributed by atoms with Crippen LogP contribution in [-0.2, 0) is 9.59 Å². The number of carboxylic acid groups (broad SMARTS) is 1. The van der Waals surface area contributed by atoms with Crippen molar-refractivity contribution in [1.29, 1.82) is 0 Å². The predicted octanol–water partition coefficient (Wildman–Crippen LogP) is 2.08. The lowest BCUT2D eigenvalue weighted by Gasteiger charge is -2.24. The quantitative estimate of drug-likeness (QED) is 0.566. The van der Waals surface area contributed by atoms with Crippen molar-refractivity contribution in [1.82, 2.24) is 5.32 Å². The van der Waals surface area contributed by atoms with Gasteiger partial charge in [0.15, 0.2) is 0 Å². The number of nitrogens with one attached hydrogen (secondary N) is 1. The minimum absolute atomic E-state index is 0.0192.